The van der Waals surface area contributed by atoms with E-state index in [4.69, 9.17) is 11.6 Å². The van der Waals surface area contributed by atoms with Crippen LogP contribution in [0.3, 0.4) is 0 Å². The van der Waals surface area contributed by atoms with Crippen LogP contribution in [0.5, 0.6) is 0 Å². The lowest BCUT2D eigenvalue weighted by atomic mass is 10.0. The van der Waals surface area contributed by atoms with Crippen LogP contribution in [0.15, 0.2) is 108 Å². The summed E-state index contributed by atoms with van der Waals surface area (Å²) in [6.07, 6.45) is 0.131. The van der Waals surface area contributed by atoms with Crippen molar-refractivity contribution in [1.82, 2.24) is 10.2 Å². The number of nitrogens with one attached hydrogen (secondary N) is 1. The smallest absolute Gasteiger partial charge is 0.264 e. The lowest BCUT2D eigenvalue weighted by Crippen LogP contribution is -2.53. The van der Waals surface area contributed by atoms with E-state index < -0.39 is 40.2 Å². The first-order chi connectivity index (χ1) is 20.1. The van der Waals surface area contributed by atoms with E-state index in [0.29, 0.717) is 10.6 Å². The molecule has 0 aromatic heterocycles. The molecule has 2 amide bonds. The molecule has 0 saturated carbocycles. The van der Waals surface area contributed by atoms with Crippen LogP contribution >= 0.6 is 11.6 Å². The molecule has 0 saturated heterocycles. The highest BCUT2D eigenvalue weighted by Crippen LogP contribution is 2.29. The first kappa shape index (κ1) is 30.7. The van der Waals surface area contributed by atoms with E-state index >= 15 is 0 Å². The molecule has 42 heavy (non-hydrogen) atoms. The Kier molecular flexibility index (Phi) is 9.98. The number of carbonyl (C=O) groups excluding carboxylic acids is 2. The van der Waals surface area contributed by atoms with Crippen molar-refractivity contribution in [3.8, 4) is 0 Å². The average Bonchev–Trinajstić information content (AvgIpc) is 2.99. The van der Waals surface area contributed by atoms with Crippen molar-refractivity contribution < 1.29 is 22.4 Å². The van der Waals surface area contributed by atoms with Gasteiger partial charge in [-0.2, -0.15) is 0 Å². The molecule has 0 aliphatic heterocycles. The summed E-state index contributed by atoms with van der Waals surface area (Å²) in [7, 11) is -2.79. The normalized spacial score (nSPS) is 11.9. The maximum Gasteiger partial charge on any atom is 0.264 e. The molecule has 10 heteroatoms. The van der Waals surface area contributed by atoms with Gasteiger partial charge in [0.05, 0.1) is 10.6 Å². The quantitative estimate of drug-likeness (QED) is 0.248. The standard InChI is InChI=1S/C32H31ClFN3O4S/c1-23-19-26(33)17-18-29(23)37(42(40,41)27-14-7-4-8-15-27)22-31(38)36(21-25-13-9-10-16-28(25)34)30(32(39)35-2)20-24-11-5-3-6-12-24/h3-19,30H,20-22H2,1-2H3,(H,35,39). The minimum absolute atomic E-state index is 0.0139. The Hall–Kier alpha value is -4.21. The van der Waals surface area contributed by atoms with Crippen LogP contribution in [0.25, 0.3) is 0 Å². The van der Waals surface area contributed by atoms with Gasteiger partial charge in [0, 0.05) is 30.6 Å². The van der Waals surface area contributed by atoms with E-state index in [1.807, 2.05) is 30.3 Å². The molecule has 218 valence electrons. The number of rotatable bonds is 11. The molecule has 0 radical (unpaired) electrons. The maximum absolute atomic E-state index is 14.9. The molecule has 0 bridgehead atoms. The van der Waals surface area contributed by atoms with Crippen LogP contribution in [-0.4, -0.2) is 44.8 Å². The summed E-state index contributed by atoms with van der Waals surface area (Å²) in [5.41, 5.74) is 1.75. The fraction of sp³-hybridized carbons (Fsp3) is 0.188. The van der Waals surface area contributed by atoms with Crippen molar-refractivity contribution in [2.45, 2.75) is 30.8 Å². The Morgan fingerprint density at radius 2 is 1.52 bits per heavy atom. The minimum Gasteiger partial charge on any atom is -0.357 e. The largest absolute Gasteiger partial charge is 0.357 e. The number of nitrogens with zero attached hydrogens (tertiary/aromatic N) is 2. The van der Waals surface area contributed by atoms with Gasteiger partial charge in [-0.15, -0.1) is 0 Å². The molecule has 0 aliphatic rings. The number of likely N-dealkylation sites (N-methyl/N-ethyl adjacent to an activating group) is 1. The van der Waals surface area contributed by atoms with Crippen molar-refractivity contribution in [2.24, 2.45) is 0 Å². The number of benzene rings is 4. The summed E-state index contributed by atoms with van der Waals surface area (Å²) in [5.74, 6) is -1.70. The second kappa shape index (κ2) is 13.6. The highest BCUT2D eigenvalue weighted by atomic mass is 35.5. The molecule has 0 heterocycles. The number of carbonyl (C=O) groups is 2. The topological polar surface area (TPSA) is 86.8 Å². The monoisotopic (exact) mass is 607 g/mol. The molecule has 4 rings (SSSR count). The summed E-state index contributed by atoms with van der Waals surface area (Å²) < 4.78 is 43.8. The lowest BCUT2D eigenvalue weighted by Gasteiger charge is -2.34. The lowest BCUT2D eigenvalue weighted by molar-refractivity contribution is -0.139. The Balaban J connectivity index is 1.81. The summed E-state index contributed by atoms with van der Waals surface area (Å²) in [5, 5.41) is 3.01. The zero-order valence-electron chi connectivity index (χ0n) is 23.2. The molecule has 4 aromatic rings. The van der Waals surface area contributed by atoms with Crippen LogP contribution in [0.1, 0.15) is 16.7 Å². The number of aryl methyl sites for hydroxylation is 1. The number of amides is 2. The van der Waals surface area contributed by atoms with E-state index in [0.717, 1.165) is 9.87 Å². The van der Waals surface area contributed by atoms with Crippen LogP contribution in [-0.2, 0) is 32.6 Å². The molecule has 0 spiro atoms. The van der Waals surface area contributed by atoms with Gasteiger partial charge in [0.15, 0.2) is 0 Å². The van der Waals surface area contributed by atoms with E-state index in [1.54, 1.807) is 43.3 Å². The van der Waals surface area contributed by atoms with E-state index in [2.05, 4.69) is 5.32 Å². The summed E-state index contributed by atoms with van der Waals surface area (Å²) in [6, 6.07) is 26.5. The van der Waals surface area contributed by atoms with Gasteiger partial charge < -0.3 is 10.2 Å². The highest BCUT2D eigenvalue weighted by molar-refractivity contribution is 7.92. The third-order valence-corrected chi connectivity index (χ3v) is 8.86. The van der Waals surface area contributed by atoms with Gasteiger partial charge in [0.2, 0.25) is 11.8 Å². The second-order valence-electron chi connectivity index (χ2n) is 9.69. The molecular formula is C32H31ClFN3O4S. The summed E-state index contributed by atoms with van der Waals surface area (Å²) in [6.45, 7) is 0.796. The SMILES string of the molecule is CNC(=O)C(Cc1ccccc1)N(Cc1ccccc1F)C(=O)CN(c1ccc(Cl)cc1C)S(=O)(=O)c1ccccc1. The molecule has 1 unspecified atom stereocenters. The fourth-order valence-corrected chi connectivity index (χ4v) is 6.39. The van der Waals surface area contributed by atoms with Gasteiger partial charge in [-0.1, -0.05) is 78.3 Å². The Bertz CT molecular complexity index is 1650. The minimum atomic E-state index is -4.24. The first-order valence-electron chi connectivity index (χ1n) is 13.2. The van der Waals surface area contributed by atoms with Crippen molar-refractivity contribution in [3.63, 3.8) is 0 Å². The number of hydrogen-bond acceptors (Lipinski definition) is 4. The highest BCUT2D eigenvalue weighted by Gasteiger charge is 2.35. The molecule has 4 aromatic carbocycles. The van der Waals surface area contributed by atoms with Crippen LogP contribution < -0.4 is 9.62 Å². The third-order valence-electron chi connectivity index (χ3n) is 6.85. The van der Waals surface area contributed by atoms with Gasteiger partial charge in [-0.25, -0.2) is 12.8 Å². The van der Waals surface area contributed by atoms with Crippen LogP contribution in [0.2, 0.25) is 5.02 Å². The van der Waals surface area contributed by atoms with Gasteiger partial charge in [0.25, 0.3) is 10.0 Å². The van der Waals surface area contributed by atoms with Crippen molar-refractivity contribution in [1.29, 1.82) is 0 Å². The predicted octanol–water partition coefficient (Wildman–Crippen LogP) is 5.37. The van der Waals surface area contributed by atoms with E-state index in [1.165, 1.54) is 48.3 Å². The zero-order chi connectivity index (χ0) is 30.3. The Labute approximate surface area is 250 Å². The first-order valence-corrected chi connectivity index (χ1v) is 15.1. The maximum atomic E-state index is 14.9. The van der Waals surface area contributed by atoms with Gasteiger partial charge >= 0.3 is 0 Å². The average molecular weight is 608 g/mol. The predicted molar refractivity (Wildman–Crippen MR) is 162 cm³/mol. The third kappa shape index (κ3) is 7.16. The van der Waals surface area contributed by atoms with E-state index in [9.17, 15) is 22.4 Å². The molecule has 1 atom stereocenters. The van der Waals surface area contributed by atoms with Gasteiger partial charge in [-0.3, -0.25) is 13.9 Å². The number of sulfonamides is 1. The molecule has 1 N–H and O–H groups in total. The van der Waals surface area contributed by atoms with Crippen LogP contribution in [0, 0.1) is 12.7 Å². The van der Waals surface area contributed by atoms with Crippen LogP contribution in [0.4, 0.5) is 10.1 Å². The van der Waals surface area contributed by atoms with Gasteiger partial charge in [-0.05, 0) is 54.4 Å². The number of halogens is 2. The summed E-state index contributed by atoms with van der Waals surface area (Å²) in [4.78, 5) is 28.7. The van der Waals surface area contributed by atoms with Crippen molar-refractivity contribution in [2.75, 3.05) is 17.9 Å². The fourth-order valence-electron chi connectivity index (χ4n) is 4.66. The molecule has 7 nitrogen and oxygen atoms in total. The number of anilines is 1. The Morgan fingerprint density at radius 1 is 0.905 bits per heavy atom. The molecule has 0 fully saturated rings. The summed E-state index contributed by atoms with van der Waals surface area (Å²) >= 11 is 6.16. The van der Waals surface area contributed by atoms with Crippen molar-refractivity contribution >= 4 is 39.1 Å². The second-order valence-corrected chi connectivity index (χ2v) is 12.0. The van der Waals surface area contributed by atoms with Gasteiger partial charge in [0.1, 0.15) is 18.4 Å². The molecular weight excluding hydrogens is 577 g/mol. The molecule has 0 aliphatic carbocycles. The Morgan fingerprint density at radius 3 is 2.14 bits per heavy atom. The van der Waals surface area contributed by atoms with Crippen molar-refractivity contribution in [3.05, 3.63) is 131 Å². The zero-order valence-corrected chi connectivity index (χ0v) is 24.8. The van der Waals surface area contributed by atoms with E-state index in [-0.39, 0.29) is 29.1 Å². The number of hydrogen-bond donors (Lipinski definition) is 1.